The minimum atomic E-state index is -1.61. The molecule has 8 atom stereocenters. The summed E-state index contributed by atoms with van der Waals surface area (Å²) in [6.07, 6.45) is 76.4. The highest BCUT2D eigenvalue weighted by atomic mass is 16.7. The standard InChI is InChI=1S/C81H153NO10/c1-4-7-10-13-16-19-22-25-27-29-31-33-35-37-38-39-41-43-45-47-49-51-54-57-60-63-66-69-76(86)92-79-78(88)77(87)75(70-83)91-81(79)90-71-72(73(84)67-64-61-58-55-52-24-21-18-15-12-9-6-3)82-80(89)74(85)68-65-62-59-56-53-50-48-46-44-42-40-36-34-32-30-28-26-23-20-17-14-11-8-5-2/h16,19,25,27,64,67,72-75,77-79,81,83-85,87-88H,4-15,17-18,20-24,26,28-63,65-66,68-71H2,1-3H3,(H,82,89)/b19-16-,27-25-,67-64+. The number of aliphatic hydroxyl groups excluding tert-OH is 5. The Labute approximate surface area is 568 Å². The van der Waals surface area contributed by atoms with Gasteiger partial charge in [0.05, 0.1) is 25.4 Å². The van der Waals surface area contributed by atoms with E-state index in [1.165, 1.54) is 295 Å². The van der Waals surface area contributed by atoms with Crippen molar-refractivity contribution in [3.8, 4) is 0 Å². The number of ether oxygens (including phenoxy) is 3. The molecule has 8 unspecified atom stereocenters. The van der Waals surface area contributed by atoms with E-state index in [0.29, 0.717) is 19.3 Å². The summed E-state index contributed by atoms with van der Waals surface area (Å²) in [5.41, 5.74) is 0. The van der Waals surface area contributed by atoms with Gasteiger partial charge in [-0.2, -0.15) is 0 Å². The minimum Gasteiger partial charge on any atom is -0.454 e. The van der Waals surface area contributed by atoms with Crippen molar-refractivity contribution >= 4 is 11.9 Å². The molecule has 92 heavy (non-hydrogen) atoms. The summed E-state index contributed by atoms with van der Waals surface area (Å²) in [4.78, 5) is 26.8. The van der Waals surface area contributed by atoms with Gasteiger partial charge in [0.25, 0.3) is 0 Å². The topological polar surface area (TPSA) is 175 Å². The van der Waals surface area contributed by atoms with Gasteiger partial charge in [-0.25, -0.2) is 0 Å². The number of amides is 1. The molecule has 542 valence electrons. The predicted octanol–water partition coefficient (Wildman–Crippen LogP) is 21.7. The van der Waals surface area contributed by atoms with Crippen LogP contribution in [0.1, 0.15) is 406 Å². The van der Waals surface area contributed by atoms with Crippen molar-refractivity contribution in [3.63, 3.8) is 0 Å². The van der Waals surface area contributed by atoms with Gasteiger partial charge in [0.2, 0.25) is 5.91 Å². The van der Waals surface area contributed by atoms with Crippen LogP contribution in [0.2, 0.25) is 0 Å². The molecule has 1 fully saturated rings. The minimum absolute atomic E-state index is 0.128. The molecule has 1 aliphatic rings. The highest BCUT2D eigenvalue weighted by Gasteiger charge is 2.47. The normalized spacial score (nSPS) is 18.0. The summed E-state index contributed by atoms with van der Waals surface area (Å²) in [5.74, 6) is -1.17. The van der Waals surface area contributed by atoms with E-state index in [4.69, 9.17) is 14.2 Å². The molecule has 1 amide bonds. The Kier molecular flexibility index (Phi) is 65.7. The molecule has 1 heterocycles. The van der Waals surface area contributed by atoms with Crippen molar-refractivity contribution in [2.45, 2.75) is 455 Å². The second kappa shape index (κ2) is 68.8. The fourth-order valence-electron chi connectivity index (χ4n) is 13.0. The van der Waals surface area contributed by atoms with Gasteiger partial charge < -0.3 is 45.1 Å². The Morgan fingerprint density at radius 3 is 1.13 bits per heavy atom. The van der Waals surface area contributed by atoms with Crippen molar-refractivity contribution in [3.05, 3.63) is 36.5 Å². The van der Waals surface area contributed by atoms with E-state index in [1.807, 2.05) is 6.08 Å². The van der Waals surface area contributed by atoms with Crippen LogP contribution in [0.4, 0.5) is 0 Å². The smallest absolute Gasteiger partial charge is 0.306 e. The molecule has 1 rings (SSSR count). The average molecular weight is 1300 g/mol. The number of carbonyl (C=O) groups excluding carboxylic acids is 2. The van der Waals surface area contributed by atoms with Crippen LogP contribution in [0.3, 0.4) is 0 Å². The van der Waals surface area contributed by atoms with Gasteiger partial charge >= 0.3 is 5.97 Å². The number of allylic oxidation sites excluding steroid dienone is 5. The van der Waals surface area contributed by atoms with Gasteiger partial charge in [0, 0.05) is 6.42 Å². The zero-order valence-corrected chi connectivity index (χ0v) is 60.7. The van der Waals surface area contributed by atoms with Crippen LogP contribution in [0.5, 0.6) is 0 Å². The fraction of sp³-hybridized carbons (Fsp3) is 0.901. The first-order chi connectivity index (χ1) is 45.2. The van der Waals surface area contributed by atoms with E-state index >= 15 is 0 Å². The summed E-state index contributed by atoms with van der Waals surface area (Å²) >= 11 is 0. The van der Waals surface area contributed by atoms with Crippen LogP contribution in [-0.2, 0) is 23.8 Å². The van der Waals surface area contributed by atoms with Crippen molar-refractivity contribution in [2.75, 3.05) is 13.2 Å². The van der Waals surface area contributed by atoms with Crippen LogP contribution in [0, 0.1) is 0 Å². The Morgan fingerprint density at radius 2 is 0.750 bits per heavy atom. The highest BCUT2D eigenvalue weighted by Crippen LogP contribution is 2.27. The highest BCUT2D eigenvalue weighted by molar-refractivity contribution is 5.80. The van der Waals surface area contributed by atoms with Gasteiger partial charge in [-0.3, -0.25) is 9.59 Å². The summed E-state index contributed by atoms with van der Waals surface area (Å²) in [5, 5.41) is 57.4. The van der Waals surface area contributed by atoms with E-state index in [1.54, 1.807) is 6.08 Å². The number of unbranched alkanes of at least 4 members (excludes halogenated alkanes) is 53. The number of aliphatic hydroxyl groups is 5. The van der Waals surface area contributed by atoms with Crippen LogP contribution >= 0.6 is 0 Å². The molecule has 0 spiro atoms. The summed E-state index contributed by atoms with van der Waals surface area (Å²) in [6.45, 7) is 5.85. The van der Waals surface area contributed by atoms with Crippen molar-refractivity contribution in [1.82, 2.24) is 5.32 Å². The van der Waals surface area contributed by atoms with Crippen LogP contribution in [-0.4, -0.2) is 99.6 Å². The molecule has 0 aromatic carbocycles. The van der Waals surface area contributed by atoms with Gasteiger partial charge in [0.1, 0.15) is 24.4 Å². The predicted molar refractivity (Wildman–Crippen MR) is 389 cm³/mol. The molecule has 11 heteroatoms. The second-order valence-corrected chi connectivity index (χ2v) is 28.2. The number of hydrogen-bond acceptors (Lipinski definition) is 10. The molecule has 0 aliphatic carbocycles. The lowest BCUT2D eigenvalue weighted by atomic mass is 9.99. The van der Waals surface area contributed by atoms with E-state index in [-0.39, 0.29) is 13.0 Å². The Morgan fingerprint density at radius 1 is 0.424 bits per heavy atom. The van der Waals surface area contributed by atoms with Crippen molar-refractivity contribution in [1.29, 1.82) is 0 Å². The van der Waals surface area contributed by atoms with E-state index in [0.717, 1.165) is 64.2 Å². The van der Waals surface area contributed by atoms with Crippen LogP contribution in [0.15, 0.2) is 36.5 Å². The van der Waals surface area contributed by atoms with Crippen LogP contribution < -0.4 is 5.32 Å². The second-order valence-electron chi connectivity index (χ2n) is 28.2. The Bertz CT molecular complexity index is 1640. The number of nitrogens with one attached hydrogen (secondary N) is 1. The van der Waals surface area contributed by atoms with Crippen LogP contribution in [0.25, 0.3) is 0 Å². The summed E-state index contributed by atoms with van der Waals surface area (Å²) in [7, 11) is 0. The lowest BCUT2D eigenvalue weighted by Crippen LogP contribution is -2.61. The number of esters is 1. The first-order valence-electron chi connectivity index (χ1n) is 40.3. The molecule has 0 aromatic heterocycles. The van der Waals surface area contributed by atoms with E-state index in [9.17, 15) is 35.1 Å². The third kappa shape index (κ3) is 54.9. The first kappa shape index (κ1) is 87.9. The number of hydrogen-bond donors (Lipinski definition) is 6. The van der Waals surface area contributed by atoms with Crippen molar-refractivity contribution < 1.29 is 49.3 Å². The third-order valence-electron chi connectivity index (χ3n) is 19.3. The molecule has 6 N–H and O–H groups in total. The summed E-state index contributed by atoms with van der Waals surface area (Å²) in [6, 6.07) is -1.02. The SMILES string of the molecule is CCCCC/C=C\C/C=C\CCCCCCCCCCCCCCCCCCCC(=O)OC1C(OCC(NC(=O)C(O)CCCCCCCCCCCCCCCCCCCCCCCCCC)C(O)/C=C/CCCCCCCCCCCC)OC(CO)C(O)C1O. The first-order valence-corrected chi connectivity index (χ1v) is 40.3. The molecule has 0 saturated carbocycles. The maximum Gasteiger partial charge on any atom is 0.306 e. The maximum absolute atomic E-state index is 13.5. The molecule has 0 bridgehead atoms. The van der Waals surface area contributed by atoms with Gasteiger partial charge in [0.15, 0.2) is 12.4 Å². The van der Waals surface area contributed by atoms with Gasteiger partial charge in [-0.15, -0.1) is 0 Å². The zero-order valence-electron chi connectivity index (χ0n) is 60.7. The summed E-state index contributed by atoms with van der Waals surface area (Å²) < 4.78 is 17.8. The Hall–Kier alpha value is -2.12. The zero-order chi connectivity index (χ0) is 66.7. The largest absolute Gasteiger partial charge is 0.454 e. The number of carbonyl (C=O) groups is 2. The maximum atomic E-state index is 13.5. The number of rotatable bonds is 71. The Balaban J connectivity index is 2.47. The van der Waals surface area contributed by atoms with Gasteiger partial charge in [-0.05, 0) is 57.8 Å². The average Bonchev–Trinajstić information content (AvgIpc) is 0.875. The van der Waals surface area contributed by atoms with Crippen molar-refractivity contribution in [2.24, 2.45) is 0 Å². The monoisotopic (exact) mass is 1300 g/mol. The quantitative estimate of drug-likeness (QED) is 0.0195. The molecule has 11 nitrogen and oxygen atoms in total. The molecule has 0 radical (unpaired) electrons. The lowest BCUT2D eigenvalue weighted by Gasteiger charge is -2.41. The van der Waals surface area contributed by atoms with E-state index < -0.39 is 67.4 Å². The lowest BCUT2D eigenvalue weighted by molar-refractivity contribution is -0.305. The molecule has 1 saturated heterocycles. The molecular weight excluding hydrogens is 1150 g/mol. The molecular formula is C81H153NO10. The van der Waals surface area contributed by atoms with Gasteiger partial charge in [-0.1, -0.05) is 378 Å². The third-order valence-corrected chi connectivity index (χ3v) is 19.3. The molecule has 0 aromatic rings. The fourth-order valence-corrected chi connectivity index (χ4v) is 13.0. The molecule has 1 aliphatic heterocycles. The van der Waals surface area contributed by atoms with E-state index in [2.05, 4.69) is 50.4 Å².